The van der Waals surface area contributed by atoms with Crippen LogP contribution in [0.25, 0.3) is 11.1 Å². The van der Waals surface area contributed by atoms with Crippen LogP contribution in [0.4, 0.5) is 10.1 Å². The van der Waals surface area contributed by atoms with Gasteiger partial charge in [-0.25, -0.2) is 4.39 Å². The molecule has 2 heterocycles. The summed E-state index contributed by atoms with van der Waals surface area (Å²) in [6.07, 6.45) is 1.48. The summed E-state index contributed by atoms with van der Waals surface area (Å²) >= 11 is 1.53. The summed E-state index contributed by atoms with van der Waals surface area (Å²) in [6, 6.07) is 11.8. The lowest BCUT2D eigenvalue weighted by atomic mass is 10.1. The van der Waals surface area contributed by atoms with E-state index in [4.69, 9.17) is 0 Å². The highest BCUT2D eigenvalue weighted by Crippen LogP contribution is 2.34. The van der Waals surface area contributed by atoms with Crippen LogP contribution in [0.3, 0.4) is 0 Å². The topological polar surface area (TPSA) is 81.6 Å². The van der Waals surface area contributed by atoms with Crippen molar-refractivity contribution in [3.8, 4) is 17.1 Å². The summed E-state index contributed by atoms with van der Waals surface area (Å²) in [5, 5.41) is 22.3. The summed E-state index contributed by atoms with van der Waals surface area (Å²) < 4.78 is 15.8. The molecule has 0 saturated carbocycles. The van der Waals surface area contributed by atoms with Crippen LogP contribution in [-0.2, 0) is 4.79 Å². The van der Waals surface area contributed by atoms with Crippen molar-refractivity contribution in [2.45, 2.75) is 27.7 Å². The van der Waals surface area contributed by atoms with Crippen LogP contribution in [-0.4, -0.2) is 10.5 Å². The predicted octanol–water partition coefficient (Wildman–Crippen LogP) is 5.33. The summed E-state index contributed by atoms with van der Waals surface area (Å²) in [5.41, 5.74) is 3.80. The van der Waals surface area contributed by atoms with Gasteiger partial charge in [0.25, 0.3) is 5.91 Å². The van der Waals surface area contributed by atoms with Crippen LogP contribution < -0.4 is 5.32 Å². The molecule has 3 rings (SSSR count). The third-order valence-electron chi connectivity index (χ3n) is 4.94. The van der Waals surface area contributed by atoms with Gasteiger partial charge in [0.1, 0.15) is 28.5 Å². The fourth-order valence-electron chi connectivity index (χ4n) is 3.20. The molecule has 30 heavy (non-hydrogen) atoms. The first-order valence-electron chi connectivity index (χ1n) is 9.15. The highest BCUT2D eigenvalue weighted by atomic mass is 32.1. The molecular weight excluding hydrogens is 399 g/mol. The SMILES string of the molecule is Cc1sc(-n2c(C)cc(/C=C(\C#N)C(=O)Nc3ccccc3F)c2C)c(C#N)c1C. The van der Waals surface area contributed by atoms with Crippen molar-refractivity contribution >= 4 is 29.0 Å². The number of aryl methyl sites for hydroxylation is 2. The Labute approximate surface area is 178 Å². The van der Waals surface area contributed by atoms with Crippen LogP contribution in [0.1, 0.15) is 33.0 Å². The minimum atomic E-state index is -0.687. The van der Waals surface area contributed by atoms with Crippen LogP contribution in [0, 0.1) is 56.2 Å². The lowest BCUT2D eigenvalue weighted by molar-refractivity contribution is -0.112. The van der Waals surface area contributed by atoms with E-state index in [0.717, 1.165) is 26.8 Å². The number of anilines is 1. The molecule has 0 saturated heterocycles. The predicted molar refractivity (Wildman–Crippen MR) is 116 cm³/mol. The fraction of sp³-hybridized carbons (Fsp3) is 0.174. The largest absolute Gasteiger partial charge is 0.319 e. The normalized spacial score (nSPS) is 11.1. The van der Waals surface area contributed by atoms with E-state index < -0.39 is 11.7 Å². The van der Waals surface area contributed by atoms with E-state index in [1.54, 1.807) is 6.07 Å². The van der Waals surface area contributed by atoms with E-state index in [0.29, 0.717) is 11.1 Å². The Morgan fingerprint density at radius 3 is 2.53 bits per heavy atom. The Balaban J connectivity index is 2.02. The number of rotatable bonds is 4. The Bertz CT molecular complexity index is 1270. The number of halogens is 1. The van der Waals surface area contributed by atoms with Crippen molar-refractivity contribution in [3.05, 3.63) is 74.7 Å². The van der Waals surface area contributed by atoms with Gasteiger partial charge in [0, 0.05) is 16.3 Å². The van der Waals surface area contributed by atoms with Gasteiger partial charge < -0.3 is 9.88 Å². The average molecular weight is 418 g/mol. The van der Waals surface area contributed by atoms with Crippen LogP contribution >= 0.6 is 11.3 Å². The number of carbonyl (C=O) groups is 1. The second kappa shape index (κ2) is 8.36. The van der Waals surface area contributed by atoms with Crippen molar-refractivity contribution < 1.29 is 9.18 Å². The number of nitrogens with one attached hydrogen (secondary N) is 1. The van der Waals surface area contributed by atoms with Crippen molar-refractivity contribution in [2.24, 2.45) is 0 Å². The Hall–Kier alpha value is -3.68. The van der Waals surface area contributed by atoms with Crippen molar-refractivity contribution in [1.29, 1.82) is 10.5 Å². The third-order valence-corrected chi connectivity index (χ3v) is 6.13. The van der Waals surface area contributed by atoms with Gasteiger partial charge in [0.2, 0.25) is 0 Å². The Morgan fingerprint density at radius 2 is 1.90 bits per heavy atom. The number of carbonyl (C=O) groups excluding carboxylic acids is 1. The molecule has 0 radical (unpaired) electrons. The van der Waals surface area contributed by atoms with Crippen LogP contribution in [0.5, 0.6) is 0 Å². The molecule has 7 heteroatoms. The minimum Gasteiger partial charge on any atom is -0.319 e. The Kier molecular flexibility index (Phi) is 5.86. The zero-order chi connectivity index (χ0) is 22.0. The summed E-state index contributed by atoms with van der Waals surface area (Å²) in [4.78, 5) is 13.6. The van der Waals surface area contributed by atoms with Crippen LogP contribution in [0.15, 0.2) is 35.9 Å². The first-order chi connectivity index (χ1) is 14.3. The molecule has 5 nitrogen and oxygen atoms in total. The van der Waals surface area contributed by atoms with Gasteiger partial charge in [-0.05, 0) is 63.1 Å². The second-order valence-corrected chi connectivity index (χ2v) is 8.04. The molecule has 0 aliphatic heterocycles. The molecule has 0 aliphatic carbocycles. The van der Waals surface area contributed by atoms with Gasteiger partial charge in [-0.2, -0.15) is 10.5 Å². The number of amides is 1. The molecule has 1 N–H and O–H groups in total. The molecule has 0 unspecified atom stereocenters. The lowest BCUT2D eigenvalue weighted by Gasteiger charge is -2.08. The molecule has 2 aromatic heterocycles. The number of benzene rings is 1. The smallest absolute Gasteiger partial charge is 0.266 e. The maximum atomic E-state index is 13.8. The molecule has 0 bridgehead atoms. The second-order valence-electron chi connectivity index (χ2n) is 6.84. The molecule has 0 atom stereocenters. The Morgan fingerprint density at radius 1 is 1.20 bits per heavy atom. The van der Waals surface area contributed by atoms with E-state index in [1.807, 2.05) is 44.4 Å². The average Bonchev–Trinajstić information content (AvgIpc) is 3.15. The van der Waals surface area contributed by atoms with Crippen molar-refractivity contribution in [3.63, 3.8) is 0 Å². The zero-order valence-corrected chi connectivity index (χ0v) is 17.8. The third kappa shape index (κ3) is 3.76. The van der Waals surface area contributed by atoms with Gasteiger partial charge in [0.05, 0.1) is 11.3 Å². The van der Waals surface area contributed by atoms with E-state index >= 15 is 0 Å². The molecule has 0 fully saturated rings. The molecule has 150 valence electrons. The number of hydrogen-bond acceptors (Lipinski definition) is 4. The van der Waals surface area contributed by atoms with Crippen molar-refractivity contribution in [2.75, 3.05) is 5.32 Å². The van der Waals surface area contributed by atoms with Gasteiger partial charge in [-0.3, -0.25) is 4.79 Å². The van der Waals surface area contributed by atoms with E-state index in [-0.39, 0.29) is 11.3 Å². The molecule has 0 aliphatic rings. The quantitative estimate of drug-likeness (QED) is 0.459. The minimum absolute atomic E-state index is 0.0114. The molecule has 3 aromatic rings. The molecular formula is C23H19FN4OS. The summed E-state index contributed by atoms with van der Waals surface area (Å²) in [7, 11) is 0. The van der Waals surface area contributed by atoms with Gasteiger partial charge in [-0.15, -0.1) is 11.3 Å². The summed E-state index contributed by atoms with van der Waals surface area (Å²) in [6.45, 7) is 7.67. The molecule has 1 amide bonds. The highest BCUT2D eigenvalue weighted by Gasteiger charge is 2.19. The first kappa shape index (κ1) is 21.0. The molecule has 0 spiro atoms. The summed E-state index contributed by atoms with van der Waals surface area (Å²) in [5.74, 6) is -1.26. The van der Waals surface area contributed by atoms with Gasteiger partial charge in [0.15, 0.2) is 0 Å². The van der Waals surface area contributed by atoms with Crippen molar-refractivity contribution in [1.82, 2.24) is 4.57 Å². The number of aromatic nitrogens is 1. The van der Waals surface area contributed by atoms with E-state index in [9.17, 15) is 19.7 Å². The highest BCUT2D eigenvalue weighted by molar-refractivity contribution is 7.14. The first-order valence-corrected chi connectivity index (χ1v) is 9.97. The lowest BCUT2D eigenvalue weighted by Crippen LogP contribution is -2.14. The molecule has 1 aromatic carbocycles. The van der Waals surface area contributed by atoms with Crippen LogP contribution in [0.2, 0.25) is 0 Å². The van der Waals surface area contributed by atoms with E-state index in [2.05, 4.69) is 11.4 Å². The monoisotopic (exact) mass is 418 g/mol. The maximum absolute atomic E-state index is 13.8. The van der Waals surface area contributed by atoms with Gasteiger partial charge >= 0.3 is 0 Å². The number of para-hydroxylation sites is 1. The fourth-order valence-corrected chi connectivity index (χ4v) is 4.42. The number of nitriles is 2. The number of nitrogens with zero attached hydrogens (tertiary/aromatic N) is 3. The zero-order valence-electron chi connectivity index (χ0n) is 17.0. The number of thiophene rings is 1. The number of hydrogen-bond donors (Lipinski definition) is 1. The van der Waals surface area contributed by atoms with Gasteiger partial charge in [-0.1, -0.05) is 12.1 Å². The standard InChI is InChI=1S/C23H19FN4OS/c1-13-9-17(15(3)28(13)23-19(12-26)14(2)16(4)30-23)10-18(11-25)22(29)27-21-8-6-5-7-20(21)24/h5-10H,1-4H3,(H,27,29)/b18-10+. The van der Waals surface area contributed by atoms with E-state index in [1.165, 1.54) is 35.6 Å². The maximum Gasteiger partial charge on any atom is 0.266 e.